The molecule has 0 aromatic heterocycles. The number of hydrogen-bond donors (Lipinski definition) is 2. The molecule has 6 heteroatoms. The standard InChI is InChI=1S/C14H17BrClFN2O/c1-2-4-14(5-3-6-18-14)13(20)19-12-10(15)7-9(17)8-11(12)16/h7-8,18H,2-6H2,1H3,(H,19,20). The van der Waals surface area contributed by atoms with Gasteiger partial charge in [-0.2, -0.15) is 0 Å². The lowest BCUT2D eigenvalue weighted by atomic mass is 9.91. The maximum Gasteiger partial charge on any atom is 0.244 e. The highest BCUT2D eigenvalue weighted by molar-refractivity contribution is 9.10. The van der Waals surface area contributed by atoms with Crippen molar-refractivity contribution in [3.8, 4) is 0 Å². The van der Waals surface area contributed by atoms with Crippen LogP contribution in [-0.2, 0) is 4.79 Å². The molecule has 1 aliphatic heterocycles. The second-order valence-corrected chi connectivity index (χ2v) is 6.32. The van der Waals surface area contributed by atoms with Gasteiger partial charge in [-0.15, -0.1) is 0 Å². The van der Waals surface area contributed by atoms with Crippen molar-refractivity contribution in [2.75, 3.05) is 11.9 Å². The van der Waals surface area contributed by atoms with Gasteiger partial charge in [0.15, 0.2) is 0 Å². The maximum absolute atomic E-state index is 13.2. The smallest absolute Gasteiger partial charge is 0.244 e. The van der Waals surface area contributed by atoms with E-state index in [0.717, 1.165) is 32.2 Å². The van der Waals surface area contributed by atoms with E-state index in [1.807, 2.05) is 0 Å². The number of hydrogen-bond acceptors (Lipinski definition) is 2. The van der Waals surface area contributed by atoms with E-state index in [1.165, 1.54) is 12.1 Å². The van der Waals surface area contributed by atoms with Gasteiger partial charge >= 0.3 is 0 Å². The fraction of sp³-hybridized carbons (Fsp3) is 0.500. The molecule has 1 unspecified atom stereocenters. The van der Waals surface area contributed by atoms with Gasteiger partial charge in [-0.1, -0.05) is 24.9 Å². The molecule has 20 heavy (non-hydrogen) atoms. The first-order valence-corrected chi connectivity index (χ1v) is 7.86. The van der Waals surface area contributed by atoms with Crippen molar-refractivity contribution in [2.45, 2.75) is 38.1 Å². The first-order valence-electron chi connectivity index (χ1n) is 6.69. The zero-order valence-corrected chi connectivity index (χ0v) is 13.6. The number of rotatable bonds is 4. The van der Waals surface area contributed by atoms with E-state index in [2.05, 4.69) is 33.5 Å². The van der Waals surface area contributed by atoms with Crippen LogP contribution in [0.3, 0.4) is 0 Å². The molecule has 1 aromatic rings. The van der Waals surface area contributed by atoms with E-state index in [9.17, 15) is 9.18 Å². The van der Waals surface area contributed by atoms with Crippen LogP contribution in [0.25, 0.3) is 0 Å². The molecular formula is C14H17BrClFN2O. The molecule has 1 saturated heterocycles. The van der Waals surface area contributed by atoms with Crippen molar-refractivity contribution in [2.24, 2.45) is 0 Å². The lowest BCUT2D eigenvalue weighted by molar-refractivity contribution is -0.122. The molecule has 2 N–H and O–H groups in total. The molecule has 0 saturated carbocycles. The molecule has 3 nitrogen and oxygen atoms in total. The largest absolute Gasteiger partial charge is 0.322 e. The highest BCUT2D eigenvalue weighted by Gasteiger charge is 2.40. The number of anilines is 1. The molecule has 1 amide bonds. The van der Waals surface area contributed by atoms with Crippen molar-refractivity contribution in [3.63, 3.8) is 0 Å². The Bertz CT molecular complexity index is 495. The summed E-state index contributed by atoms with van der Waals surface area (Å²) in [4.78, 5) is 12.6. The zero-order chi connectivity index (χ0) is 14.8. The molecule has 0 aliphatic carbocycles. The third-order valence-electron chi connectivity index (χ3n) is 3.60. The lowest BCUT2D eigenvalue weighted by Gasteiger charge is -2.28. The van der Waals surface area contributed by atoms with Crippen LogP contribution in [0.5, 0.6) is 0 Å². The van der Waals surface area contributed by atoms with Crippen LogP contribution < -0.4 is 10.6 Å². The number of carbonyl (C=O) groups excluding carboxylic acids is 1. The summed E-state index contributed by atoms with van der Waals surface area (Å²) in [6.45, 7) is 2.89. The quantitative estimate of drug-likeness (QED) is 0.845. The zero-order valence-electron chi connectivity index (χ0n) is 11.2. The topological polar surface area (TPSA) is 41.1 Å². The minimum Gasteiger partial charge on any atom is -0.322 e. The number of carbonyl (C=O) groups is 1. The molecule has 0 radical (unpaired) electrons. The SMILES string of the molecule is CCCC1(C(=O)Nc2c(Cl)cc(F)cc2Br)CCCN1. The normalized spacial score (nSPS) is 22.0. The third-order valence-corrected chi connectivity index (χ3v) is 4.52. The van der Waals surface area contributed by atoms with Crippen molar-refractivity contribution in [1.29, 1.82) is 0 Å². The lowest BCUT2D eigenvalue weighted by Crippen LogP contribution is -2.50. The van der Waals surface area contributed by atoms with Gasteiger partial charge in [0.2, 0.25) is 5.91 Å². The first-order chi connectivity index (χ1) is 9.48. The van der Waals surface area contributed by atoms with Crippen LogP contribution in [0.1, 0.15) is 32.6 Å². The molecule has 1 heterocycles. The molecule has 1 aliphatic rings. The Morgan fingerprint density at radius 3 is 2.90 bits per heavy atom. The summed E-state index contributed by atoms with van der Waals surface area (Å²) >= 11 is 9.23. The highest BCUT2D eigenvalue weighted by Crippen LogP contribution is 2.34. The van der Waals surface area contributed by atoms with Crippen LogP contribution in [0, 0.1) is 5.82 Å². The minimum atomic E-state index is -0.536. The van der Waals surface area contributed by atoms with Gasteiger partial charge in [-0.25, -0.2) is 4.39 Å². The molecular weight excluding hydrogens is 347 g/mol. The summed E-state index contributed by atoms with van der Waals surface area (Å²) in [7, 11) is 0. The first kappa shape index (κ1) is 15.7. The van der Waals surface area contributed by atoms with E-state index in [4.69, 9.17) is 11.6 Å². The monoisotopic (exact) mass is 362 g/mol. The Morgan fingerprint density at radius 1 is 1.60 bits per heavy atom. The van der Waals surface area contributed by atoms with Gasteiger partial charge in [0.1, 0.15) is 5.82 Å². The van der Waals surface area contributed by atoms with Crippen molar-refractivity contribution in [3.05, 3.63) is 27.4 Å². The van der Waals surface area contributed by atoms with Crippen LogP contribution >= 0.6 is 27.5 Å². The fourth-order valence-electron chi connectivity index (χ4n) is 2.65. The molecule has 1 fully saturated rings. The summed E-state index contributed by atoms with van der Waals surface area (Å²) in [6, 6.07) is 2.48. The molecule has 2 rings (SSSR count). The van der Waals surface area contributed by atoms with Crippen LogP contribution in [0.15, 0.2) is 16.6 Å². The van der Waals surface area contributed by atoms with E-state index in [-0.39, 0.29) is 10.9 Å². The Hall–Kier alpha value is -0.650. The maximum atomic E-state index is 13.2. The average molecular weight is 364 g/mol. The molecule has 1 atom stereocenters. The summed E-state index contributed by atoms with van der Waals surface area (Å²) < 4.78 is 13.6. The summed E-state index contributed by atoms with van der Waals surface area (Å²) in [5.74, 6) is -0.548. The Kier molecular flexibility index (Phi) is 5.04. The van der Waals surface area contributed by atoms with E-state index >= 15 is 0 Å². The molecule has 110 valence electrons. The van der Waals surface area contributed by atoms with Crippen molar-refractivity contribution in [1.82, 2.24) is 5.32 Å². The third kappa shape index (κ3) is 3.15. The second-order valence-electron chi connectivity index (χ2n) is 5.06. The fourth-order valence-corrected chi connectivity index (χ4v) is 3.55. The summed E-state index contributed by atoms with van der Waals surface area (Å²) in [6.07, 6.45) is 3.48. The predicted molar refractivity (Wildman–Crippen MR) is 82.6 cm³/mol. The van der Waals surface area contributed by atoms with Crippen LogP contribution in [-0.4, -0.2) is 18.0 Å². The molecule has 0 bridgehead atoms. The van der Waals surface area contributed by atoms with Gasteiger partial charge < -0.3 is 10.6 Å². The van der Waals surface area contributed by atoms with Gasteiger partial charge in [-0.3, -0.25) is 4.79 Å². The average Bonchev–Trinajstić information content (AvgIpc) is 2.83. The van der Waals surface area contributed by atoms with Crippen LogP contribution in [0.2, 0.25) is 5.02 Å². The van der Waals surface area contributed by atoms with Crippen molar-refractivity contribution < 1.29 is 9.18 Å². The van der Waals surface area contributed by atoms with E-state index in [1.54, 1.807) is 0 Å². The summed E-state index contributed by atoms with van der Waals surface area (Å²) in [5.41, 5.74) is -0.117. The molecule has 0 spiro atoms. The molecule has 1 aromatic carbocycles. The van der Waals surface area contributed by atoms with Gasteiger partial charge in [0, 0.05) is 4.47 Å². The number of halogens is 3. The number of benzene rings is 1. The van der Waals surface area contributed by atoms with E-state index < -0.39 is 11.4 Å². The summed E-state index contributed by atoms with van der Waals surface area (Å²) in [5, 5.41) is 6.31. The Morgan fingerprint density at radius 2 is 2.35 bits per heavy atom. The number of amides is 1. The van der Waals surface area contributed by atoms with Crippen LogP contribution in [0.4, 0.5) is 10.1 Å². The Balaban J connectivity index is 2.23. The van der Waals surface area contributed by atoms with Crippen molar-refractivity contribution >= 4 is 39.1 Å². The van der Waals surface area contributed by atoms with Gasteiger partial charge in [0.25, 0.3) is 0 Å². The minimum absolute atomic E-state index is 0.106. The van der Waals surface area contributed by atoms with Gasteiger partial charge in [0.05, 0.1) is 16.2 Å². The second kappa shape index (κ2) is 6.41. The predicted octanol–water partition coefficient (Wildman–Crippen LogP) is 4.10. The Labute approximate surface area is 131 Å². The highest BCUT2D eigenvalue weighted by atomic mass is 79.9. The van der Waals surface area contributed by atoms with Gasteiger partial charge in [-0.05, 0) is 53.9 Å². The van der Waals surface area contributed by atoms with E-state index in [0.29, 0.717) is 10.2 Å². The number of nitrogens with one attached hydrogen (secondary N) is 2.